The summed E-state index contributed by atoms with van der Waals surface area (Å²) in [7, 11) is 0. The minimum Gasteiger partial charge on any atom is -0.251 e. The van der Waals surface area contributed by atoms with Crippen LogP contribution < -0.4 is 0 Å². The third-order valence-corrected chi connectivity index (χ3v) is 1.04. The van der Waals surface area contributed by atoms with Crippen LogP contribution in [0.15, 0.2) is 30.3 Å². The monoisotopic (exact) mass is 126 g/mol. The van der Waals surface area contributed by atoms with Gasteiger partial charge in [0.15, 0.2) is 0 Å². The summed E-state index contributed by atoms with van der Waals surface area (Å²) >= 11 is 0. The van der Waals surface area contributed by atoms with Gasteiger partial charge in [-0.05, 0) is 5.56 Å². The van der Waals surface area contributed by atoms with Crippen LogP contribution >= 0.6 is 0 Å². The number of halogens is 1. The predicted molar refractivity (Wildman–Crippen MR) is 36.1 cm³/mol. The zero-order valence-electron chi connectivity index (χ0n) is 6.97. The molecular weight excluding hydrogens is 115 g/mol. The molecule has 0 saturated heterocycles. The fraction of sp³-hybridized carbons (Fsp3) is 0.250. The van der Waals surface area contributed by atoms with Gasteiger partial charge in [0.25, 0.3) is 0 Å². The third-order valence-electron chi connectivity index (χ3n) is 1.04. The molecule has 0 saturated carbocycles. The number of hydrogen-bond acceptors (Lipinski definition) is 0. The maximum atomic E-state index is 12.1. The van der Waals surface area contributed by atoms with Crippen LogP contribution in [0.2, 0.25) is 0 Å². The van der Waals surface area contributed by atoms with E-state index in [2.05, 4.69) is 0 Å². The van der Waals surface area contributed by atoms with Gasteiger partial charge in [0, 0.05) is 9.11 Å². The minimum absolute atomic E-state index is 0.391. The van der Waals surface area contributed by atoms with Crippen LogP contribution in [0.25, 0.3) is 0 Å². The van der Waals surface area contributed by atoms with Crippen molar-refractivity contribution < 1.29 is 7.13 Å². The Hall–Kier alpha value is -0.850. The summed E-state index contributed by atoms with van der Waals surface area (Å²) in [4.78, 5) is 0. The molecule has 1 aromatic carbocycles. The van der Waals surface area contributed by atoms with E-state index in [1.807, 2.05) is 0 Å². The summed E-state index contributed by atoms with van der Waals surface area (Å²) in [6, 6.07) is 8.34. The Labute approximate surface area is 57.1 Å². The van der Waals surface area contributed by atoms with Gasteiger partial charge in [0.05, 0.1) is 6.67 Å². The van der Waals surface area contributed by atoms with Gasteiger partial charge in [-0.15, -0.1) is 0 Å². The van der Waals surface area contributed by atoms with Gasteiger partial charge in [-0.25, -0.2) is 0 Å². The van der Waals surface area contributed by atoms with Gasteiger partial charge in [0.1, 0.15) is 0 Å². The molecule has 0 unspecified atom stereocenters. The Morgan fingerprint density at radius 1 is 1.33 bits per heavy atom. The maximum Gasteiger partial charge on any atom is 0.0934 e. The fourth-order valence-electron chi connectivity index (χ4n) is 0.633. The average molecular weight is 126 g/mol. The Kier molecular flexibility index (Phi) is 1.45. The molecule has 0 heterocycles. The molecule has 0 N–H and O–H groups in total. The highest BCUT2D eigenvalue weighted by Crippen LogP contribution is 1.98. The molecule has 0 aliphatic carbocycles. The summed E-state index contributed by atoms with van der Waals surface area (Å²) in [5.74, 6) is 0. The normalized spacial score (nSPS) is 14.3. The zero-order chi connectivity index (χ0) is 8.32. The molecule has 0 aromatic heterocycles. The van der Waals surface area contributed by atoms with E-state index in [0.717, 1.165) is 0 Å². The highest BCUT2D eigenvalue weighted by atomic mass is 19.1. The van der Waals surface area contributed by atoms with Crippen LogP contribution in [0.3, 0.4) is 0 Å². The van der Waals surface area contributed by atoms with E-state index in [-0.39, 0.29) is 0 Å². The Balaban J connectivity index is 2.93. The van der Waals surface area contributed by atoms with Crippen LogP contribution in [-0.4, -0.2) is 6.67 Å². The molecule has 0 bridgehead atoms. The highest BCUT2D eigenvalue weighted by Gasteiger charge is 1.86. The third kappa shape index (κ3) is 1.84. The second kappa shape index (κ2) is 3.23. The molecule has 0 fully saturated rings. The molecule has 48 valence electrons. The van der Waals surface area contributed by atoms with E-state index >= 15 is 0 Å². The van der Waals surface area contributed by atoms with Gasteiger partial charge >= 0.3 is 0 Å². The largest absolute Gasteiger partial charge is 0.251 e. The maximum absolute atomic E-state index is 12.1. The quantitative estimate of drug-likeness (QED) is 0.569. The van der Waals surface area contributed by atoms with Gasteiger partial charge in [-0.3, -0.25) is 4.39 Å². The van der Waals surface area contributed by atoms with E-state index in [9.17, 15) is 4.39 Å². The molecule has 0 radical (unpaired) electrons. The van der Waals surface area contributed by atoms with Crippen LogP contribution in [0.4, 0.5) is 4.39 Å². The molecule has 1 rings (SSSR count). The number of rotatable bonds is 2. The summed E-state index contributed by atoms with van der Waals surface area (Å²) < 4.78 is 26.5. The smallest absolute Gasteiger partial charge is 0.0934 e. The summed E-state index contributed by atoms with van der Waals surface area (Å²) in [6.45, 7) is -0.975. The van der Waals surface area contributed by atoms with E-state index < -0.39 is 13.0 Å². The van der Waals surface area contributed by atoms with Crippen molar-refractivity contribution in [1.82, 2.24) is 0 Å². The van der Waals surface area contributed by atoms with E-state index in [1.165, 1.54) is 0 Å². The van der Waals surface area contributed by atoms with Crippen molar-refractivity contribution in [3.63, 3.8) is 0 Å². The van der Waals surface area contributed by atoms with Crippen LogP contribution in [0.5, 0.6) is 0 Å². The van der Waals surface area contributed by atoms with Crippen molar-refractivity contribution in [3.05, 3.63) is 35.9 Å². The van der Waals surface area contributed by atoms with Crippen molar-refractivity contribution in [2.75, 3.05) is 6.67 Å². The minimum atomic E-state index is -1.83. The molecule has 0 aliphatic rings. The lowest BCUT2D eigenvalue weighted by molar-refractivity contribution is 0.495. The Bertz CT molecular complexity index is 221. The fourth-order valence-corrected chi connectivity index (χ4v) is 0.633. The molecule has 0 atom stereocenters. The lowest BCUT2D eigenvalue weighted by atomic mass is 10.2. The van der Waals surface area contributed by atoms with E-state index in [1.54, 1.807) is 30.3 Å². The molecule has 1 aromatic rings. The molecule has 0 nitrogen and oxygen atoms in total. The predicted octanol–water partition coefficient (Wildman–Crippen LogP) is 2.20. The average Bonchev–Trinajstić information content (AvgIpc) is 2.06. The Morgan fingerprint density at radius 2 is 2.00 bits per heavy atom. The molecule has 1 heteroatoms. The second-order valence-electron chi connectivity index (χ2n) is 1.68. The Morgan fingerprint density at radius 3 is 2.56 bits per heavy atom. The first-order chi connectivity index (χ1) is 5.17. The summed E-state index contributed by atoms with van der Waals surface area (Å²) in [5.41, 5.74) is 0.391. The number of alkyl halides is 1. The highest BCUT2D eigenvalue weighted by molar-refractivity contribution is 5.14. The molecule has 0 amide bonds. The summed E-state index contributed by atoms with van der Waals surface area (Å²) in [6.07, 6.45) is -1.83. The lowest BCUT2D eigenvalue weighted by Gasteiger charge is -1.92. The van der Waals surface area contributed by atoms with Gasteiger partial charge in [-0.2, -0.15) is 0 Å². The SMILES string of the molecule is [2H]C([2H])(CF)c1ccccc1. The second-order valence-corrected chi connectivity index (χ2v) is 1.68. The van der Waals surface area contributed by atoms with Crippen LogP contribution in [0.1, 0.15) is 8.30 Å². The van der Waals surface area contributed by atoms with Crippen molar-refractivity contribution in [2.45, 2.75) is 6.37 Å². The first-order valence-corrected chi connectivity index (χ1v) is 2.78. The van der Waals surface area contributed by atoms with Crippen molar-refractivity contribution in [3.8, 4) is 0 Å². The van der Waals surface area contributed by atoms with Crippen molar-refractivity contribution in [1.29, 1.82) is 0 Å². The van der Waals surface area contributed by atoms with Gasteiger partial charge < -0.3 is 0 Å². The van der Waals surface area contributed by atoms with Crippen LogP contribution in [-0.2, 0) is 6.37 Å². The van der Waals surface area contributed by atoms with Crippen molar-refractivity contribution >= 4 is 0 Å². The number of aryl methyl sites for hydroxylation is 1. The molecular formula is C8H9F. The summed E-state index contributed by atoms with van der Waals surface area (Å²) in [5, 5.41) is 0. The molecule has 9 heavy (non-hydrogen) atoms. The van der Waals surface area contributed by atoms with Gasteiger partial charge in [0.2, 0.25) is 0 Å². The number of benzene rings is 1. The topological polar surface area (TPSA) is 0 Å². The first-order valence-electron chi connectivity index (χ1n) is 3.78. The van der Waals surface area contributed by atoms with E-state index in [0.29, 0.717) is 5.56 Å². The van der Waals surface area contributed by atoms with E-state index in [4.69, 9.17) is 2.74 Å². The lowest BCUT2D eigenvalue weighted by Crippen LogP contribution is -1.83. The molecule has 0 aliphatic heterocycles. The van der Waals surface area contributed by atoms with Crippen LogP contribution in [0, 0.1) is 0 Å². The van der Waals surface area contributed by atoms with Gasteiger partial charge in [-0.1, -0.05) is 30.3 Å². The zero-order valence-corrected chi connectivity index (χ0v) is 4.97. The standard InChI is InChI=1S/C8H9F/c9-7-6-8-4-2-1-3-5-8/h1-5H,6-7H2/i6D2. The van der Waals surface area contributed by atoms with Crippen molar-refractivity contribution in [2.24, 2.45) is 0 Å². The molecule has 0 spiro atoms. The first kappa shape index (κ1) is 4.04. The number of hydrogen-bond donors (Lipinski definition) is 0.